The minimum atomic E-state index is -0.263. The standard InChI is InChI=1S/C10H20N2O2/c1-8(10(14)11(2)3)12-6-4-5-9(13)7-12/h8-9,13H,4-7H2,1-3H3. The number of aliphatic hydroxyl groups excluding tert-OH is 1. The predicted molar refractivity (Wildman–Crippen MR) is 55.0 cm³/mol. The second-order valence-corrected chi connectivity index (χ2v) is 4.20. The van der Waals surface area contributed by atoms with Crippen molar-refractivity contribution in [1.82, 2.24) is 9.80 Å². The van der Waals surface area contributed by atoms with Gasteiger partial charge in [-0.3, -0.25) is 9.69 Å². The van der Waals surface area contributed by atoms with Crippen LogP contribution in [0.3, 0.4) is 0 Å². The molecule has 14 heavy (non-hydrogen) atoms. The van der Waals surface area contributed by atoms with Crippen molar-refractivity contribution in [3.05, 3.63) is 0 Å². The van der Waals surface area contributed by atoms with E-state index in [1.54, 1.807) is 19.0 Å². The maximum absolute atomic E-state index is 11.7. The Balaban J connectivity index is 2.51. The molecule has 4 heteroatoms. The predicted octanol–water partition coefficient (Wildman–Crippen LogP) is -0.0802. The minimum absolute atomic E-state index is 0.110. The number of β-amino-alcohol motifs (C(OH)–C–C–N with tert-alkyl or cyclic N) is 1. The summed E-state index contributed by atoms with van der Waals surface area (Å²) in [5.74, 6) is 0.110. The molecule has 0 saturated carbocycles. The fraction of sp³-hybridized carbons (Fsp3) is 0.900. The number of hydrogen-bond donors (Lipinski definition) is 1. The molecule has 2 unspecified atom stereocenters. The van der Waals surface area contributed by atoms with Crippen molar-refractivity contribution in [2.45, 2.75) is 31.9 Å². The van der Waals surface area contributed by atoms with Crippen LogP contribution in [-0.4, -0.2) is 60.1 Å². The first kappa shape index (κ1) is 11.5. The third-order valence-corrected chi connectivity index (χ3v) is 2.77. The van der Waals surface area contributed by atoms with Crippen molar-refractivity contribution in [2.75, 3.05) is 27.2 Å². The second-order valence-electron chi connectivity index (χ2n) is 4.20. The number of hydrogen-bond acceptors (Lipinski definition) is 3. The van der Waals surface area contributed by atoms with E-state index < -0.39 is 0 Å². The fourth-order valence-electron chi connectivity index (χ4n) is 1.86. The van der Waals surface area contributed by atoms with E-state index in [0.717, 1.165) is 19.4 Å². The maximum Gasteiger partial charge on any atom is 0.239 e. The number of likely N-dealkylation sites (N-methyl/N-ethyl adjacent to an activating group) is 1. The van der Waals surface area contributed by atoms with E-state index in [2.05, 4.69) is 4.90 Å². The number of nitrogens with zero attached hydrogens (tertiary/aromatic N) is 2. The van der Waals surface area contributed by atoms with Gasteiger partial charge >= 0.3 is 0 Å². The van der Waals surface area contributed by atoms with Crippen LogP contribution in [0.15, 0.2) is 0 Å². The van der Waals surface area contributed by atoms with Crippen molar-refractivity contribution >= 4 is 5.91 Å². The molecule has 0 radical (unpaired) electrons. The van der Waals surface area contributed by atoms with Gasteiger partial charge < -0.3 is 10.0 Å². The molecule has 1 heterocycles. The van der Waals surface area contributed by atoms with Crippen LogP contribution >= 0.6 is 0 Å². The Morgan fingerprint density at radius 3 is 2.71 bits per heavy atom. The molecule has 1 aliphatic rings. The van der Waals surface area contributed by atoms with E-state index in [9.17, 15) is 9.90 Å². The maximum atomic E-state index is 11.7. The Kier molecular flexibility index (Phi) is 3.89. The summed E-state index contributed by atoms with van der Waals surface area (Å²) < 4.78 is 0. The van der Waals surface area contributed by atoms with Gasteiger partial charge in [-0.15, -0.1) is 0 Å². The smallest absolute Gasteiger partial charge is 0.239 e. The molecule has 0 aliphatic carbocycles. The van der Waals surface area contributed by atoms with Crippen LogP contribution < -0.4 is 0 Å². The zero-order valence-corrected chi connectivity index (χ0v) is 9.23. The van der Waals surface area contributed by atoms with E-state index >= 15 is 0 Å². The van der Waals surface area contributed by atoms with Gasteiger partial charge in [0, 0.05) is 20.6 Å². The summed E-state index contributed by atoms with van der Waals surface area (Å²) in [6.07, 6.45) is 1.58. The highest BCUT2D eigenvalue weighted by molar-refractivity contribution is 5.80. The number of rotatable bonds is 2. The first-order valence-electron chi connectivity index (χ1n) is 5.15. The average Bonchev–Trinajstić information content (AvgIpc) is 2.15. The average molecular weight is 200 g/mol. The summed E-state index contributed by atoms with van der Waals surface area (Å²) in [5.41, 5.74) is 0. The van der Waals surface area contributed by atoms with Gasteiger partial charge in [-0.25, -0.2) is 0 Å². The Labute approximate surface area is 85.5 Å². The lowest BCUT2D eigenvalue weighted by Gasteiger charge is -2.35. The number of likely N-dealkylation sites (tertiary alicyclic amines) is 1. The molecular formula is C10H20N2O2. The van der Waals surface area contributed by atoms with Gasteiger partial charge in [0.2, 0.25) is 5.91 Å². The Bertz CT molecular complexity index is 206. The lowest BCUT2D eigenvalue weighted by atomic mass is 10.1. The highest BCUT2D eigenvalue weighted by Gasteiger charge is 2.26. The van der Waals surface area contributed by atoms with Gasteiger partial charge in [0.1, 0.15) is 0 Å². The van der Waals surface area contributed by atoms with Gasteiger partial charge in [0.25, 0.3) is 0 Å². The number of amides is 1. The summed E-state index contributed by atoms with van der Waals surface area (Å²) >= 11 is 0. The molecule has 0 bridgehead atoms. The van der Waals surface area contributed by atoms with Crippen LogP contribution in [0.2, 0.25) is 0 Å². The molecule has 0 spiro atoms. The van der Waals surface area contributed by atoms with Gasteiger partial charge in [0.05, 0.1) is 12.1 Å². The lowest BCUT2D eigenvalue weighted by Crippen LogP contribution is -2.49. The van der Waals surface area contributed by atoms with Crippen LogP contribution in [0.4, 0.5) is 0 Å². The molecular weight excluding hydrogens is 180 g/mol. The number of aliphatic hydroxyl groups is 1. The number of piperidine rings is 1. The first-order chi connectivity index (χ1) is 6.52. The molecule has 1 fully saturated rings. The quantitative estimate of drug-likeness (QED) is 0.678. The largest absolute Gasteiger partial charge is 0.392 e. The molecule has 0 aromatic rings. The second kappa shape index (κ2) is 4.75. The van der Waals surface area contributed by atoms with Crippen LogP contribution in [0.1, 0.15) is 19.8 Å². The lowest BCUT2D eigenvalue weighted by molar-refractivity contribution is -0.134. The highest BCUT2D eigenvalue weighted by atomic mass is 16.3. The molecule has 0 aromatic heterocycles. The Hall–Kier alpha value is -0.610. The summed E-state index contributed by atoms with van der Waals surface area (Å²) in [6, 6.07) is -0.111. The van der Waals surface area contributed by atoms with Gasteiger partial charge in [-0.05, 0) is 26.3 Å². The minimum Gasteiger partial charge on any atom is -0.392 e. The summed E-state index contributed by atoms with van der Waals surface area (Å²) in [5, 5.41) is 9.48. The van der Waals surface area contributed by atoms with Gasteiger partial charge in [-0.1, -0.05) is 0 Å². The summed E-state index contributed by atoms with van der Waals surface area (Å²) in [6.45, 7) is 3.44. The molecule has 1 saturated heterocycles. The van der Waals surface area contributed by atoms with Crippen LogP contribution in [0.25, 0.3) is 0 Å². The van der Waals surface area contributed by atoms with Crippen molar-refractivity contribution < 1.29 is 9.90 Å². The van der Waals surface area contributed by atoms with Crippen molar-refractivity contribution in [3.63, 3.8) is 0 Å². The van der Waals surface area contributed by atoms with Crippen LogP contribution in [0, 0.1) is 0 Å². The molecule has 2 atom stereocenters. The monoisotopic (exact) mass is 200 g/mol. The summed E-state index contributed by atoms with van der Waals surface area (Å²) in [7, 11) is 3.53. The zero-order chi connectivity index (χ0) is 10.7. The van der Waals surface area contributed by atoms with E-state index in [-0.39, 0.29) is 18.1 Å². The number of carbonyl (C=O) groups excluding carboxylic acids is 1. The highest BCUT2D eigenvalue weighted by Crippen LogP contribution is 2.13. The SMILES string of the molecule is CC(C(=O)N(C)C)N1CCCC(O)C1. The topological polar surface area (TPSA) is 43.8 Å². The van der Waals surface area contributed by atoms with Gasteiger partial charge in [-0.2, -0.15) is 0 Å². The molecule has 0 aromatic carbocycles. The van der Waals surface area contributed by atoms with E-state index in [1.807, 2.05) is 6.92 Å². The molecule has 1 N–H and O–H groups in total. The van der Waals surface area contributed by atoms with E-state index in [4.69, 9.17) is 0 Å². The first-order valence-corrected chi connectivity index (χ1v) is 5.15. The Morgan fingerprint density at radius 1 is 1.57 bits per heavy atom. The molecule has 1 aliphatic heterocycles. The molecule has 4 nitrogen and oxygen atoms in total. The van der Waals surface area contributed by atoms with Crippen molar-refractivity contribution in [1.29, 1.82) is 0 Å². The van der Waals surface area contributed by atoms with Crippen LogP contribution in [-0.2, 0) is 4.79 Å². The third kappa shape index (κ3) is 2.69. The number of carbonyl (C=O) groups is 1. The zero-order valence-electron chi connectivity index (χ0n) is 9.23. The fourth-order valence-corrected chi connectivity index (χ4v) is 1.86. The van der Waals surface area contributed by atoms with Crippen molar-refractivity contribution in [2.24, 2.45) is 0 Å². The normalized spacial score (nSPS) is 25.9. The third-order valence-electron chi connectivity index (χ3n) is 2.77. The van der Waals surface area contributed by atoms with Crippen LogP contribution in [0.5, 0.6) is 0 Å². The van der Waals surface area contributed by atoms with Gasteiger partial charge in [0.15, 0.2) is 0 Å². The summed E-state index contributed by atoms with van der Waals surface area (Å²) in [4.78, 5) is 15.3. The molecule has 1 amide bonds. The van der Waals surface area contributed by atoms with Crippen molar-refractivity contribution in [3.8, 4) is 0 Å². The van der Waals surface area contributed by atoms with E-state index in [0.29, 0.717) is 6.54 Å². The Morgan fingerprint density at radius 2 is 2.21 bits per heavy atom. The van der Waals surface area contributed by atoms with E-state index in [1.165, 1.54) is 0 Å². The molecule has 1 rings (SSSR count). The molecule has 82 valence electrons.